The number of fused-ring (bicyclic) bond motifs is 1. The fraction of sp³-hybridized carbons (Fsp3) is 0.333. The summed E-state index contributed by atoms with van der Waals surface area (Å²) in [6, 6.07) is 7.69. The minimum Gasteiger partial charge on any atom is -0.335 e. The molecule has 1 fully saturated rings. The molecule has 1 saturated carbocycles. The van der Waals surface area contributed by atoms with Crippen molar-refractivity contribution < 1.29 is 9.59 Å². The summed E-state index contributed by atoms with van der Waals surface area (Å²) in [7, 11) is 0. The third-order valence-corrected chi connectivity index (χ3v) is 7.46. The molecule has 2 heterocycles. The number of amides is 3. The Bertz CT molecular complexity index is 1240. The molecular formula is C24H26N4O3S2. The van der Waals surface area contributed by atoms with Crippen LogP contribution in [0.15, 0.2) is 52.3 Å². The van der Waals surface area contributed by atoms with Crippen molar-refractivity contribution in [2.45, 2.75) is 50.4 Å². The second kappa shape index (κ2) is 10.4. The van der Waals surface area contributed by atoms with Crippen LogP contribution < -0.4 is 16.2 Å². The van der Waals surface area contributed by atoms with Gasteiger partial charge >= 0.3 is 6.03 Å². The third kappa shape index (κ3) is 5.36. The molecule has 0 saturated heterocycles. The Balaban J connectivity index is 1.53. The molecular weight excluding hydrogens is 456 g/mol. The maximum atomic E-state index is 13.4. The molecule has 0 atom stereocenters. The second-order valence-electron chi connectivity index (χ2n) is 8.09. The Kier molecular flexibility index (Phi) is 7.29. The van der Waals surface area contributed by atoms with Gasteiger partial charge in [0.2, 0.25) is 5.91 Å². The predicted octanol–water partition coefficient (Wildman–Crippen LogP) is 4.48. The van der Waals surface area contributed by atoms with E-state index >= 15 is 0 Å². The standard InChI is InChI=1S/C24H26N4O3S2/c1-3-12-28-22(30)20-18(16-10-8-15(2)9-11-16)13-32-21(20)27-24(28)33-14-19(29)26-23(31)25-17-6-4-5-7-17/h3,8-11,13,17H,1,4-7,12,14H2,2H3,(H2,25,26,29,31). The van der Waals surface area contributed by atoms with E-state index in [1.54, 1.807) is 6.08 Å². The van der Waals surface area contributed by atoms with E-state index in [-0.39, 0.29) is 23.9 Å². The zero-order valence-electron chi connectivity index (χ0n) is 18.4. The average molecular weight is 483 g/mol. The highest BCUT2D eigenvalue weighted by atomic mass is 32.2. The number of hydrogen-bond donors (Lipinski definition) is 2. The number of aryl methyl sites for hydroxylation is 1. The average Bonchev–Trinajstić information content (AvgIpc) is 3.45. The Hall–Kier alpha value is -2.91. The van der Waals surface area contributed by atoms with E-state index in [0.717, 1.165) is 54.1 Å². The highest BCUT2D eigenvalue weighted by Crippen LogP contribution is 2.32. The van der Waals surface area contributed by atoms with E-state index in [4.69, 9.17) is 0 Å². The van der Waals surface area contributed by atoms with Crippen LogP contribution in [0, 0.1) is 6.92 Å². The van der Waals surface area contributed by atoms with Gasteiger partial charge in [0, 0.05) is 23.5 Å². The van der Waals surface area contributed by atoms with Gasteiger partial charge in [-0.2, -0.15) is 0 Å². The van der Waals surface area contributed by atoms with Gasteiger partial charge in [-0.3, -0.25) is 19.5 Å². The fourth-order valence-electron chi connectivity index (χ4n) is 3.94. The minimum atomic E-state index is -0.472. The number of hydrogen-bond acceptors (Lipinski definition) is 6. The number of nitrogens with one attached hydrogen (secondary N) is 2. The van der Waals surface area contributed by atoms with Crippen LogP contribution in [0.4, 0.5) is 4.79 Å². The maximum Gasteiger partial charge on any atom is 0.321 e. The van der Waals surface area contributed by atoms with Gasteiger partial charge in [0.05, 0.1) is 11.1 Å². The van der Waals surface area contributed by atoms with E-state index in [1.165, 1.54) is 15.9 Å². The number of rotatable bonds is 7. The number of nitrogens with zero attached hydrogens (tertiary/aromatic N) is 2. The summed E-state index contributed by atoms with van der Waals surface area (Å²) >= 11 is 2.54. The topological polar surface area (TPSA) is 93.1 Å². The largest absolute Gasteiger partial charge is 0.335 e. The van der Waals surface area contributed by atoms with Crippen molar-refractivity contribution in [2.75, 3.05) is 5.75 Å². The zero-order valence-corrected chi connectivity index (χ0v) is 20.1. The van der Waals surface area contributed by atoms with Crippen LogP contribution in [0.25, 0.3) is 21.3 Å². The summed E-state index contributed by atoms with van der Waals surface area (Å²) in [6.07, 6.45) is 5.71. The van der Waals surface area contributed by atoms with Crippen molar-refractivity contribution in [2.24, 2.45) is 0 Å². The molecule has 4 rings (SSSR count). The first-order valence-corrected chi connectivity index (χ1v) is 12.8. The molecule has 0 radical (unpaired) electrons. The molecule has 0 aliphatic heterocycles. The predicted molar refractivity (Wildman–Crippen MR) is 134 cm³/mol. The van der Waals surface area contributed by atoms with Crippen molar-refractivity contribution in [1.82, 2.24) is 20.2 Å². The van der Waals surface area contributed by atoms with Gasteiger partial charge in [-0.25, -0.2) is 9.78 Å². The van der Waals surface area contributed by atoms with Gasteiger partial charge in [-0.05, 0) is 25.3 Å². The van der Waals surface area contributed by atoms with Crippen molar-refractivity contribution >= 4 is 45.3 Å². The first-order chi connectivity index (χ1) is 16.0. The van der Waals surface area contributed by atoms with Gasteiger partial charge in [-0.15, -0.1) is 17.9 Å². The van der Waals surface area contributed by atoms with Crippen LogP contribution in [-0.4, -0.2) is 33.3 Å². The van der Waals surface area contributed by atoms with Gasteiger partial charge in [0.1, 0.15) is 4.83 Å². The van der Waals surface area contributed by atoms with Crippen molar-refractivity contribution in [3.8, 4) is 11.1 Å². The molecule has 2 aromatic heterocycles. The molecule has 0 bridgehead atoms. The van der Waals surface area contributed by atoms with E-state index < -0.39 is 11.9 Å². The van der Waals surface area contributed by atoms with Crippen molar-refractivity contribution in [3.63, 3.8) is 0 Å². The molecule has 1 aliphatic rings. The lowest BCUT2D eigenvalue weighted by molar-refractivity contribution is -0.117. The number of thioether (sulfide) groups is 1. The summed E-state index contributed by atoms with van der Waals surface area (Å²) in [5, 5.41) is 8.13. The summed E-state index contributed by atoms with van der Waals surface area (Å²) in [5.41, 5.74) is 2.79. The summed E-state index contributed by atoms with van der Waals surface area (Å²) in [4.78, 5) is 43.0. The molecule has 9 heteroatoms. The summed E-state index contributed by atoms with van der Waals surface area (Å²) in [6.45, 7) is 6.05. The molecule has 1 aromatic carbocycles. The molecule has 3 aromatic rings. The van der Waals surface area contributed by atoms with Crippen molar-refractivity contribution in [1.29, 1.82) is 0 Å². The lowest BCUT2D eigenvalue weighted by Crippen LogP contribution is -2.44. The van der Waals surface area contributed by atoms with Gasteiger partial charge < -0.3 is 5.32 Å². The van der Waals surface area contributed by atoms with E-state index in [9.17, 15) is 14.4 Å². The molecule has 3 amide bonds. The monoisotopic (exact) mass is 482 g/mol. The minimum absolute atomic E-state index is 0.0244. The normalized spacial score (nSPS) is 13.8. The third-order valence-electron chi connectivity index (χ3n) is 5.61. The first kappa shape index (κ1) is 23.3. The van der Waals surface area contributed by atoms with Gasteiger partial charge in [-0.1, -0.05) is 60.5 Å². The Morgan fingerprint density at radius 1 is 1.27 bits per heavy atom. The molecule has 172 valence electrons. The molecule has 33 heavy (non-hydrogen) atoms. The molecule has 0 unspecified atom stereocenters. The number of carbonyl (C=O) groups excluding carboxylic acids is 2. The number of urea groups is 1. The second-order valence-corrected chi connectivity index (χ2v) is 9.89. The van der Waals surface area contributed by atoms with Gasteiger partial charge in [0.15, 0.2) is 5.16 Å². The number of aromatic nitrogens is 2. The Morgan fingerprint density at radius 2 is 2.00 bits per heavy atom. The Labute approximate surface area is 200 Å². The Morgan fingerprint density at radius 3 is 2.70 bits per heavy atom. The maximum absolute atomic E-state index is 13.4. The number of imide groups is 1. The first-order valence-electron chi connectivity index (χ1n) is 10.9. The summed E-state index contributed by atoms with van der Waals surface area (Å²) in [5.74, 6) is -0.454. The van der Waals surface area contributed by atoms with Crippen LogP contribution in [0.5, 0.6) is 0 Å². The molecule has 7 nitrogen and oxygen atoms in total. The van der Waals surface area contributed by atoms with E-state index in [0.29, 0.717) is 15.4 Å². The van der Waals surface area contributed by atoms with E-state index in [1.807, 2.05) is 36.6 Å². The lowest BCUT2D eigenvalue weighted by atomic mass is 10.1. The SMILES string of the molecule is C=CCn1c(SCC(=O)NC(=O)NC2CCCC2)nc2scc(-c3ccc(C)cc3)c2c1=O. The van der Waals surface area contributed by atoms with Crippen LogP contribution in [0.1, 0.15) is 31.2 Å². The molecule has 1 aliphatic carbocycles. The summed E-state index contributed by atoms with van der Waals surface area (Å²) < 4.78 is 1.52. The molecule has 0 spiro atoms. The fourth-order valence-corrected chi connectivity index (χ4v) is 5.73. The number of benzene rings is 1. The van der Waals surface area contributed by atoms with Crippen LogP contribution in [0.3, 0.4) is 0 Å². The van der Waals surface area contributed by atoms with E-state index in [2.05, 4.69) is 22.2 Å². The number of carbonyl (C=O) groups is 2. The van der Waals surface area contributed by atoms with Crippen LogP contribution in [0.2, 0.25) is 0 Å². The smallest absolute Gasteiger partial charge is 0.321 e. The highest BCUT2D eigenvalue weighted by Gasteiger charge is 2.20. The molecule has 2 N–H and O–H groups in total. The zero-order chi connectivity index (χ0) is 23.4. The number of allylic oxidation sites excluding steroid dienone is 1. The van der Waals surface area contributed by atoms with Gasteiger partial charge in [0.25, 0.3) is 5.56 Å². The van der Waals surface area contributed by atoms with Crippen LogP contribution in [-0.2, 0) is 11.3 Å². The highest BCUT2D eigenvalue weighted by molar-refractivity contribution is 7.99. The van der Waals surface area contributed by atoms with Crippen molar-refractivity contribution in [3.05, 3.63) is 58.2 Å². The van der Waals surface area contributed by atoms with Crippen LogP contribution >= 0.6 is 23.1 Å². The quantitative estimate of drug-likeness (QED) is 0.294. The number of thiophene rings is 1. The lowest BCUT2D eigenvalue weighted by Gasteiger charge is -2.13.